The van der Waals surface area contributed by atoms with Crippen LogP contribution in [0, 0.1) is 6.92 Å². The molecule has 2 aromatic carbocycles. The van der Waals surface area contributed by atoms with Gasteiger partial charge in [-0.05, 0) is 30.7 Å². The molecular formula is C22H16Cl2N4O3. The summed E-state index contributed by atoms with van der Waals surface area (Å²) in [6, 6.07) is 14.0. The molecule has 0 spiro atoms. The molecule has 2 N–H and O–H groups in total. The number of pyridine rings is 1. The Kier molecular flexibility index (Phi) is 5.63. The SMILES string of the molecule is Cc1ccc(Cn2cnc3cccc(NC(=O)c4cc(Cl)c(O)c(Cl)n4)c3c2=O)cc1. The minimum atomic E-state index is -0.635. The highest BCUT2D eigenvalue weighted by Gasteiger charge is 2.17. The number of aromatic hydroxyl groups is 1. The molecule has 2 heterocycles. The standard InChI is InChI=1S/C22H16Cl2N4O3/c1-12-5-7-13(8-6-12)10-28-11-25-15-3-2-4-16(18(15)22(28)31)27-21(30)17-9-14(23)19(29)20(24)26-17/h2-9,11,29H,10H2,1H3,(H,27,30). The van der Waals surface area contributed by atoms with E-state index in [9.17, 15) is 14.7 Å². The summed E-state index contributed by atoms with van der Waals surface area (Å²) in [4.78, 5) is 34.1. The smallest absolute Gasteiger partial charge is 0.274 e. The van der Waals surface area contributed by atoms with Crippen molar-refractivity contribution < 1.29 is 9.90 Å². The van der Waals surface area contributed by atoms with E-state index in [0.717, 1.165) is 11.1 Å². The van der Waals surface area contributed by atoms with Gasteiger partial charge in [0.25, 0.3) is 11.5 Å². The lowest BCUT2D eigenvalue weighted by Gasteiger charge is -2.11. The maximum atomic E-state index is 13.2. The Morgan fingerprint density at radius 1 is 1.16 bits per heavy atom. The summed E-state index contributed by atoms with van der Waals surface area (Å²) in [5, 5.41) is 12.2. The number of anilines is 1. The highest BCUT2D eigenvalue weighted by molar-refractivity contribution is 6.36. The van der Waals surface area contributed by atoms with Crippen LogP contribution in [0.4, 0.5) is 5.69 Å². The second-order valence-electron chi connectivity index (χ2n) is 6.95. The van der Waals surface area contributed by atoms with E-state index in [0.29, 0.717) is 12.1 Å². The molecule has 4 aromatic rings. The van der Waals surface area contributed by atoms with Gasteiger partial charge in [-0.3, -0.25) is 14.2 Å². The summed E-state index contributed by atoms with van der Waals surface area (Å²) in [6.45, 7) is 2.33. The van der Waals surface area contributed by atoms with Crippen LogP contribution in [0.2, 0.25) is 10.2 Å². The number of benzene rings is 2. The van der Waals surface area contributed by atoms with Crippen molar-refractivity contribution in [1.82, 2.24) is 14.5 Å². The van der Waals surface area contributed by atoms with Gasteiger partial charge in [0.1, 0.15) is 5.69 Å². The van der Waals surface area contributed by atoms with E-state index in [1.54, 1.807) is 18.2 Å². The zero-order valence-electron chi connectivity index (χ0n) is 16.3. The minimum Gasteiger partial charge on any atom is -0.504 e. The van der Waals surface area contributed by atoms with Crippen LogP contribution in [0.25, 0.3) is 10.9 Å². The van der Waals surface area contributed by atoms with Crippen molar-refractivity contribution in [3.63, 3.8) is 0 Å². The predicted molar refractivity (Wildman–Crippen MR) is 120 cm³/mol. The normalized spacial score (nSPS) is 10.9. The monoisotopic (exact) mass is 454 g/mol. The van der Waals surface area contributed by atoms with Crippen molar-refractivity contribution in [2.75, 3.05) is 5.32 Å². The number of carbonyl (C=O) groups is 1. The molecule has 156 valence electrons. The third-order valence-electron chi connectivity index (χ3n) is 4.71. The zero-order chi connectivity index (χ0) is 22.1. The molecule has 0 aliphatic heterocycles. The second-order valence-corrected chi connectivity index (χ2v) is 7.71. The Morgan fingerprint density at radius 2 is 1.90 bits per heavy atom. The summed E-state index contributed by atoms with van der Waals surface area (Å²) in [5.74, 6) is -1.04. The molecule has 2 aromatic heterocycles. The van der Waals surface area contributed by atoms with E-state index in [4.69, 9.17) is 23.2 Å². The molecule has 0 bridgehead atoms. The number of amides is 1. The Bertz CT molecular complexity index is 1340. The molecule has 0 radical (unpaired) electrons. The van der Waals surface area contributed by atoms with Crippen molar-refractivity contribution >= 4 is 45.7 Å². The molecule has 0 aliphatic rings. The van der Waals surface area contributed by atoms with Gasteiger partial charge in [0.15, 0.2) is 10.9 Å². The average molecular weight is 455 g/mol. The Hall–Kier alpha value is -3.42. The Morgan fingerprint density at radius 3 is 2.61 bits per heavy atom. The third-order valence-corrected chi connectivity index (χ3v) is 5.26. The van der Waals surface area contributed by atoms with Crippen molar-refractivity contribution in [1.29, 1.82) is 0 Å². The van der Waals surface area contributed by atoms with Crippen LogP contribution < -0.4 is 10.9 Å². The number of halogens is 2. The highest BCUT2D eigenvalue weighted by atomic mass is 35.5. The van der Waals surface area contributed by atoms with Crippen molar-refractivity contribution in [3.05, 3.63) is 92.2 Å². The summed E-state index contributed by atoms with van der Waals surface area (Å²) in [5.41, 5.74) is 2.40. The van der Waals surface area contributed by atoms with E-state index in [2.05, 4.69) is 15.3 Å². The molecule has 0 saturated carbocycles. The van der Waals surface area contributed by atoms with Crippen LogP contribution in [0.1, 0.15) is 21.6 Å². The molecular weight excluding hydrogens is 439 g/mol. The summed E-state index contributed by atoms with van der Waals surface area (Å²) in [7, 11) is 0. The number of hydrogen-bond acceptors (Lipinski definition) is 5. The number of aryl methyl sites for hydroxylation is 1. The van der Waals surface area contributed by atoms with E-state index in [1.807, 2.05) is 31.2 Å². The first-order valence-electron chi connectivity index (χ1n) is 9.23. The topological polar surface area (TPSA) is 97.1 Å². The first-order chi connectivity index (χ1) is 14.8. The van der Waals surface area contributed by atoms with Gasteiger partial charge < -0.3 is 10.4 Å². The van der Waals surface area contributed by atoms with E-state index in [-0.39, 0.29) is 32.5 Å². The molecule has 4 rings (SSSR count). The van der Waals surface area contributed by atoms with E-state index in [1.165, 1.54) is 17.0 Å². The van der Waals surface area contributed by atoms with Crippen LogP contribution in [0.5, 0.6) is 5.75 Å². The maximum absolute atomic E-state index is 13.2. The lowest BCUT2D eigenvalue weighted by atomic mass is 10.1. The fraction of sp³-hybridized carbons (Fsp3) is 0.0909. The number of carbonyl (C=O) groups excluding carboxylic acids is 1. The fourth-order valence-electron chi connectivity index (χ4n) is 3.09. The van der Waals surface area contributed by atoms with Gasteiger partial charge in [-0.25, -0.2) is 9.97 Å². The first kappa shape index (κ1) is 20.8. The number of hydrogen-bond donors (Lipinski definition) is 2. The number of aromatic nitrogens is 3. The van der Waals surface area contributed by atoms with Crippen LogP contribution in [0.15, 0.2) is 59.7 Å². The molecule has 0 fully saturated rings. The molecule has 0 aliphatic carbocycles. The van der Waals surface area contributed by atoms with Gasteiger partial charge in [-0.1, -0.05) is 59.1 Å². The fourth-order valence-corrected chi connectivity index (χ4v) is 3.52. The molecule has 9 heteroatoms. The van der Waals surface area contributed by atoms with Crippen LogP contribution in [0.3, 0.4) is 0 Å². The lowest BCUT2D eigenvalue weighted by Crippen LogP contribution is -2.23. The van der Waals surface area contributed by atoms with Crippen molar-refractivity contribution in [2.45, 2.75) is 13.5 Å². The Labute approximate surface area is 186 Å². The third kappa shape index (κ3) is 4.23. The summed E-state index contributed by atoms with van der Waals surface area (Å²) >= 11 is 11.7. The van der Waals surface area contributed by atoms with Crippen LogP contribution >= 0.6 is 23.2 Å². The van der Waals surface area contributed by atoms with Gasteiger partial charge in [-0.15, -0.1) is 0 Å². The molecule has 0 unspecified atom stereocenters. The lowest BCUT2D eigenvalue weighted by molar-refractivity contribution is 0.102. The maximum Gasteiger partial charge on any atom is 0.274 e. The van der Waals surface area contributed by atoms with Crippen molar-refractivity contribution in [3.8, 4) is 5.75 Å². The van der Waals surface area contributed by atoms with Gasteiger partial charge >= 0.3 is 0 Å². The molecule has 0 atom stereocenters. The van der Waals surface area contributed by atoms with E-state index < -0.39 is 11.7 Å². The second kappa shape index (κ2) is 8.37. The number of rotatable bonds is 4. The average Bonchev–Trinajstić information content (AvgIpc) is 2.75. The predicted octanol–water partition coefficient (Wildman–Crippen LogP) is 4.41. The highest BCUT2D eigenvalue weighted by Crippen LogP contribution is 2.30. The summed E-state index contributed by atoms with van der Waals surface area (Å²) < 4.78 is 1.48. The van der Waals surface area contributed by atoms with Crippen LogP contribution in [-0.2, 0) is 6.54 Å². The van der Waals surface area contributed by atoms with Gasteiger partial charge in [0, 0.05) is 0 Å². The minimum absolute atomic E-state index is 0.103. The van der Waals surface area contributed by atoms with Gasteiger partial charge in [-0.2, -0.15) is 0 Å². The van der Waals surface area contributed by atoms with Gasteiger partial charge in [0.05, 0.1) is 34.5 Å². The number of nitrogens with one attached hydrogen (secondary N) is 1. The zero-order valence-corrected chi connectivity index (χ0v) is 17.8. The van der Waals surface area contributed by atoms with Crippen molar-refractivity contribution in [2.24, 2.45) is 0 Å². The number of fused-ring (bicyclic) bond motifs is 1. The Balaban J connectivity index is 1.72. The largest absolute Gasteiger partial charge is 0.504 e. The molecule has 7 nitrogen and oxygen atoms in total. The van der Waals surface area contributed by atoms with Crippen LogP contribution in [-0.4, -0.2) is 25.5 Å². The number of nitrogens with zero attached hydrogens (tertiary/aromatic N) is 3. The first-order valence-corrected chi connectivity index (χ1v) is 9.99. The van der Waals surface area contributed by atoms with E-state index >= 15 is 0 Å². The quantitative estimate of drug-likeness (QED) is 0.445. The molecule has 1 amide bonds. The molecule has 0 saturated heterocycles. The molecule has 31 heavy (non-hydrogen) atoms. The van der Waals surface area contributed by atoms with Gasteiger partial charge in [0.2, 0.25) is 0 Å². The summed E-state index contributed by atoms with van der Waals surface area (Å²) in [6.07, 6.45) is 1.48.